The molecule has 1 saturated heterocycles. The Morgan fingerprint density at radius 3 is 2.15 bits per heavy atom. The van der Waals surface area contributed by atoms with Crippen LogP contribution in [-0.2, 0) is 21.1 Å². The largest absolute Gasteiger partial charge is 0.343 e. The molecule has 0 N–H and O–H groups in total. The minimum Gasteiger partial charge on any atom is -0.343 e. The van der Waals surface area contributed by atoms with Gasteiger partial charge >= 0.3 is 0 Å². The number of epoxide rings is 1. The van der Waals surface area contributed by atoms with Crippen molar-refractivity contribution < 1.29 is 8.95 Å². The molecule has 3 atom stereocenters. The van der Waals surface area contributed by atoms with E-state index in [9.17, 15) is 4.21 Å². The predicted octanol–water partition coefficient (Wildman–Crippen LogP) is 3.76. The maximum absolute atomic E-state index is 12.8. The SMILES string of the molecule is Cc1ccc(S(=O)[C@@]2(C)O[C@]2(C)c2ccccc2)cc1. The number of aryl methyl sites for hydroxylation is 1. The lowest BCUT2D eigenvalue weighted by Gasteiger charge is -2.13. The molecule has 2 aromatic rings. The highest BCUT2D eigenvalue weighted by atomic mass is 32.2. The van der Waals surface area contributed by atoms with Gasteiger partial charge in [-0.1, -0.05) is 48.0 Å². The Labute approximate surface area is 122 Å². The lowest BCUT2D eigenvalue weighted by Crippen LogP contribution is -2.23. The molecule has 20 heavy (non-hydrogen) atoms. The second-order valence-electron chi connectivity index (χ2n) is 5.53. The first-order valence-corrected chi connectivity index (χ1v) is 7.87. The standard InChI is InChI=1S/C17H18O2S/c1-13-9-11-15(12-10-13)20(18)17(3)16(2,19-17)14-7-5-4-6-8-14/h4-12H,1-3H3/t16-,17-,20?/m1/s1. The first kappa shape index (κ1) is 13.5. The molecular formula is C17H18O2S. The molecule has 3 rings (SSSR count). The number of rotatable bonds is 3. The third-order valence-corrected chi connectivity index (χ3v) is 6.02. The molecule has 0 aliphatic carbocycles. The van der Waals surface area contributed by atoms with Gasteiger partial charge in [-0.05, 0) is 38.5 Å². The first-order chi connectivity index (χ1) is 9.47. The summed E-state index contributed by atoms with van der Waals surface area (Å²) in [4.78, 5) is 0.154. The molecule has 0 saturated carbocycles. The summed E-state index contributed by atoms with van der Waals surface area (Å²) in [5, 5.41) is 0. The average Bonchev–Trinajstić information content (AvgIpc) is 3.05. The van der Waals surface area contributed by atoms with E-state index in [4.69, 9.17) is 4.74 Å². The van der Waals surface area contributed by atoms with Crippen molar-refractivity contribution in [2.75, 3.05) is 0 Å². The maximum Gasteiger partial charge on any atom is 0.178 e. The average molecular weight is 286 g/mol. The van der Waals surface area contributed by atoms with Gasteiger partial charge in [-0.3, -0.25) is 4.21 Å². The van der Waals surface area contributed by atoms with Crippen molar-refractivity contribution in [3.8, 4) is 0 Å². The van der Waals surface area contributed by atoms with E-state index in [1.165, 1.54) is 5.56 Å². The van der Waals surface area contributed by atoms with Crippen molar-refractivity contribution in [3.63, 3.8) is 0 Å². The van der Waals surface area contributed by atoms with E-state index in [1.54, 1.807) is 0 Å². The Morgan fingerprint density at radius 1 is 0.950 bits per heavy atom. The smallest absolute Gasteiger partial charge is 0.178 e. The van der Waals surface area contributed by atoms with Crippen LogP contribution < -0.4 is 0 Å². The quantitative estimate of drug-likeness (QED) is 0.804. The number of ether oxygens (including phenoxy) is 1. The van der Waals surface area contributed by atoms with Gasteiger partial charge in [0.2, 0.25) is 0 Å². The molecule has 0 amide bonds. The molecule has 2 aromatic carbocycles. The van der Waals surface area contributed by atoms with Gasteiger partial charge in [-0.2, -0.15) is 0 Å². The second-order valence-corrected chi connectivity index (χ2v) is 7.32. The lowest BCUT2D eigenvalue weighted by atomic mass is 9.98. The zero-order valence-electron chi connectivity index (χ0n) is 11.9. The van der Waals surface area contributed by atoms with Crippen molar-refractivity contribution in [2.45, 2.75) is 36.2 Å². The fraction of sp³-hybridized carbons (Fsp3) is 0.294. The van der Waals surface area contributed by atoms with Crippen LogP contribution in [0.5, 0.6) is 0 Å². The fourth-order valence-electron chi connectivity index (χ4n) is 2.54. The normalized spacial score (nSPS) is 29.9. The van der Waals surface area contributed by atoms with Gasteiger partial charge in [0.25, 0.3) is 0 Å². The molecule has 104 valence electrons. The van der Waals surface area contributed by atoms with Crippen LogP contribution in [0.4, 0.5) is 0 Å². The Hall–Kier alpha value is -1.45. The molecule has 1 heterocycles. The van der Waals surface area contributed by atoms with Crippen LogP contribution in [-0.4, -0.2) is 9.14 Å². The van der Waals surface area contributed by atoms with Gasteiger partial charge in [0.1, 0.15) is 5.60 Å². The van der Waals surface area contributed by atoms with E-state index in [0.717, 1.165) is 10.5 Å². The van der Waals surface area contributed by atoms with Gasteiger partial charge in [0.15, 0.2) is 4.93 Å². The maximum atomic E-state index is 12.8. The van der Waals surface area contributed by atoms with Crippen molar-refractivity contribution in [1.82, 2.24) is 0 Å². The molecule has 0 radical (unpaired) electrons. The summed E-state index contributed by atoms with van der Waals surface area (Å²) in [6, 6.07) is 17.8. The van der Waals surface area contributed by atoms with Gasteiger partial charge < -0.3 is 4.74 Å². The van der Waals surface area contributed by atoms with E-state index < -0.39 is 21.3 Å². The van der Waals surface area contributed by atoms with Gasteiger partial charge in [0, 0.05) is 4.90 Å². The minimum absolute atomic E-state index is 0.482. The van der Waals surface area contributed by atoms with Gasteiger partial charge in [-0.15, -0.1) is 0 Å². The summed E-state index contributed by atoms with van der Waals surface area (Å²) in [6.45, 7) is 5.96. The zero-order chi connectivity index (χ0) is 14.4. The number of hydrogen-bond donors (Lipinski definition) is 0. The van der Waals surface area contributed by atoms with E-state index in [2.05, 4.69) is 0 Å². The molecule has 1 aliphatic rings. The molecule has 1 unspecified atom stereocenters. The highest BCUT2D eigenvalue weighted by Crippen LogP contribution is 2.58. The molecule has 0 bridgehead atoms. The Morgan fingerprint density at radius 2 is 1.55 bits per heavy atom. The molecule has 2 nitrogen and oxygen atoms in total. The van der Waals surface area contributed by atoms with E-state index in [-0.39, 0.29) is 0 Å². The summed E-state index contributed by atoms with van der Waals surface area (Å²) in [6.07, 6.45) is 0. The number of hydrogen-bond acceptors (Lipinski definition) is 2. The van der Waals surface area contributed by atoms with Crippen molar-refractivity contribution >= 4 is 10.8 Å². The van der Waals surface area contributed by atoms with Crippen LogP contribution in [0.3, 0.4) is 0 Å². The molecule has 1 aliphatic heterocycles. The van der Waals surface area contributed by atoms with Crippen LogP contribution in [0.1, 0.15) is 25.0 Å². The van der Waals surface area contributed by atoms with Gasteiger partial charge in [-0.25, -0.2) is 0 Å². The molecule has 0 aromatic heterocycles. The Balaban J connectivity index is 1.92. The first-order valence-electron chi connectivity index (χ1n) is 6.72. The van der Waals surface area contributed by atoms with Crippen LogP contribution in [0, 0.1) is 6.92 Å². The summed E-state index contributed by atoms with van der Waals surface area (Å²) in [5.74, 6) is 0. The second kappa shape index (κ2) is 4.54. The van der Waals surface area contributed by atoms with E-state index in [0.29, 0.717) is 0 Å². The lowest BCUT2D eigenvalue weighted by molar-refractivity contribution is 0.307. The van der Waals surface area contributed by atoms with Crippen molar-refractivity contribution in [3.05, 3.63) is 65.7 Å². The zero-order valence-corrected chi connectivity index (χ0v) is 12.7. The van der Waals surface area contributed by atoms with Crippen molar-refractivity contribution in [2.24, 2.45) is 0 Å². The third kappa shape index (κ3) is 1.93. The molecule has 0 spiro atoms. The topological polar surface area (TPSA) is 29.6 Å². The van der Waals surface area contributed by atoms with Crippen LogP contribution in [0.2, 0.25) is 0 Å². The van der Waals surface area contributed by atoms with Crippen molar-refractivity contribution in [1.29, 1.82) is 0 Å². The number of benzene rings is 2. The van der Waals surface area contributed by atoms with Gasteiger partial charge in [0.05, 0.1) is 10.8 Å². The van der Waals surface area contributed by atoms with Crippen LogP contribution in [0.25, 0.3) is 0 Å². The Kier molecular flexibility index (Phi) is 3.07. The van der Waals surface area contributed by atoms with Crippen LogP contribution >= 0.6 is 0 Å². The molecule has 3 heteroatoms. The highest BCUT2D eigenvalue weighted by molar-refractivity contribution is 7.86. The minimum atomic E-state index is -1.19. The fourth-order valence-corrected chi connectivity index (χ4v) is 4.09. The van der Waals surface area contributed by atoms with Crippen LogP contribution in [0.15, 0.2) is 59.5 Å². The summed E-state index contributed by atoms with van der Waals surface area (Å²) in [7, 11) is -1.19. The highest BCUT2D eigenvalue weighted by Gasteiger charge is 2.68. The summed E-state index contributed by atoms with van der Waals surface area (Å²) in [5.41, 5.74) is 1.76. The predicted molar refractivity (Wildman–Crippen MR) is 80.9 cm³/mol. The third-order valence-electron chi connectivity index (χ3n) is 4.14. The monoisotopic (exact) mass is 286 g/mol. The Bertz CT molecular complexity index is 650. The van der Waals surface area contributed by atoms with E-state index >= 15 is 0 Å². The molecular weight excluding hydrogens is 268 g/mol. The summed E-state index contributed by atoms with van der Waals surface area (Å²) < 4.78 is 18.7. The summed E-state index contributed by atoms with van der Waals surface area (Å²) >= 11 is 0. The molecule has 1 fully saturated rings. The van der Waals surface area contributed by atoms with E-state index in [1.807, 2.05) is 75.4 Å².